The normalized spacial score (nSPS) is 15.5. The van der Waals surface area contributed by atoms with Crippen LogP contribution in [0.4, 0.5) is 0 Å². The number of para-hydroxylation sites is 1. The Morgan fingerprint density at radius 3 is 2.55 bits per heavy atom. The lowest BCUT2D eigenvalue weighted by atomic mass is 10.1. The summed E-state index contributed by atoms with van der Waals surface area (Å²) in [5.74, 6) is 1.54. The molecule has 2 aliphatic heterocycles. The molecule has 204 valence electrons. The van der Waals surface area contributed by atoms with Gasteiger partial charge in [-0.25, -0.2) is 0 Å². The molecule has 0 radical (unpaired) electrons. The van der Waals surface area contributed by atoms with Crippen molar-refractivity contribution in [2.45, 2.75) is 6.92 Å². The summed E-state index contributed by atoms with van der Waals surface area (Å²) in [5.41, 5.74) is 1.71. The summed E-state index contributed by atoms with van der Waals surface area (Å²) >= 11 is 7.72. The maximum atomic E-state index is 12.8. The average molecular weight is 577 g/mol. The van der Waals surface area contributed by atoms with Crippen molar-refractivity contribution in [1.29, 1.82) is 5.41 Å². The van der Waals surface area contributed by atoms with Gasteiger partial charge in [-0.15, -0.1) is 0 Å². The second-order valence-electron chi connectivity index (χ2n) is 8.66. The van der Waals surface area contributed by atoms with Gasteiger partial charge in [0, 0.05) is 0 Å². The fourth-order valence-electron chi connectivity index (χ4n) is 3.89. The maximum absolute atomic E-state index is 12.8. The van der Waals surface area contributed by atoms with Gasteiger partial charge in [0.15, 0.2) is 17.3 Å². The molecule has 3 aromatic carbocycles. The van der Waals surface area contributed by atoms with Crippen molar-refractivity contribution < 1.29 is 23.7 Å². The van der Waals surface area contributed by atoms with Crippen molar-refractivity contribution in [3.05, 3.63) is 88.5 Å². The van der Waals surface area contributed by atoms with Gasteiger partial charge in [0.25, 0.3) is 5.91 Å². The summed E-state index contributed by atoms with van der Waals surface area (Å²) in [5, 5.41) is 15.6. The highest BCUT2D eigenvalue weighted by molar-refractivity contribution is 8.27. The first kappa shape index (κ1) is 27.3. The lowest BCUT2D eigenvalue weighted by Gasteiger charge is -2.20. The molecule has 0 saturated carbocycles. The first-order valence-corrected chi connectivity index (χ1v) is 13.5. The van der Waals surface area contributed by atoms with Gasteiger partial charge in [-0.1, -0.05) is 41.9 Å². The first-order chi connectivity index (χ1) is 19.4. The van der Waals surface area contributed by atoms with Gasteiger partial charge in [-0.05, 0) is 72.3 Å². The van der Waals surface area contributed by atoms with E-state index in [0.717, 1.165) is 11.3 Å². The molecule has 2 aliphatic rings. The molecule has 0 unspecified atom stereocenters. The average Bonchev–Trinajstić information content (AvgIpc) is 3.36. The van der Waals surface area contributed by atoms with Gasteiger partial charge in [-0.2, -0.15) is 15.1 Å². The minimum atomic E-state index is -0.548. The summed E-state index contributed by atoms with van der Waals surface area (Å²) in [6, 6.07) is 20.4. The fraction of sp³-hybridized carbons (Fsp3) is 0.172. The lowest BCUT2D eigenvalue weighted by molar-refractivity contribution is -0.114. The standard InChI is InChI=1S/C29H25ClN4O5S/c1-18-7-6-10-21(13-18)37-11-12-38-26-23(30)15-19(16-24(26)36-2)14-22-27(31)34-29(32-28(22)35)40-25(33-34)17-39-20-8-4-3-5-9-20/h3-10,13-16,31H,11-12,17H2,1-2H3/b22-14-,31-27?. The predicted molar refractivity (Wildman–Crippen MR) is 157 cm³/mol. The zero-order chi connectivity index (χ0) is 28.1. The van der Waals surface area contributed by atoms with Crippen LogP contribution in [0.3, 0.4) is 0 Å². The monoisotopic (exact) mass is 576 g/mol. The molecule has 0 saturated heterocycles. The largest absolute Gasteiger partial charge is 0.493 e. The van der Waals surface area contributed by atoms with Gasteiger partial charge in [0.2, 0.25) is 5.17 Å². The summed E-state index contributed by atoms with van der Waals surface area (Å²) in [7, 11) is 1.50. The van der Waals surface area contributed by atoms with Crippen molar-refractivity contribution in [3.8, 4) is 23.0 Å². The Morgan fingerprint density at radius 2 is 1.77 bits per heavy atom. The molecule has 3 aromatic rings. The summed E-state index contributed by atoms with van der Waals surface area (Å²) < 4.78 is 22.8. The van der Waals surface area contributed by atoms with Crippen LogP contribution in [0.5, 0.6) is 23.0 Å². The molecule has 0 fully saturated rings. The Bertz CT molecular complexity index is 1540. The molecule has 0 spiro atoms. The summed E-state index contributed by atoms with van der Waals surface area (Å²) in [6.07, 6.45) is 1.53. The molecule has 0 bridgehead atoms. The quantitative estimate of drug-likeness (QED) is 0.240. The number of aryl methyl sites for hydroxylation is 1. The van der Waals surface area contributed by atoms with E-state index in [1.807, 2.05) is 61.5 Å². The van der Waals surface area contributed by atoms with Crippen molar-refractivity contribution in [2.24, 2.45) is 10.1 Å². The number of hydrogen-bond donors (Lipinski definition) is 1. The van der Waals surface area contributed by atoms with Gasteiger partial charge in [-0.3, -0.25) is 10.2 Å². The number of carbonyl (C=O) groups excluding carboxylic acids is 1. The molecular weight excluding hydrogens is 552 g/mol. The van der Waals surface area contributed by atoms with E-state index in [2.05, 4.69) is 10.1 Å². The number of rotatable bonds is 10. The van der Waals surface area contributed by atoms with E-state index in [1.54, 1.807) is 12.1 Å². The van der Waals surface area contributed by atoms with E-state index in [9.17, 15) is 4.79 Å². The van der Waals surface area contributed by atoms with E-state index >= 15 is 0 Å². The van der Waals surface area contributed by atoms with Crippen LogP contribution < -0.4 is 18.9 Å². The second-order valence-corrected chi connectivity index (χ2v) is 10.1. The van der Waals surface area contributed by atoms with Gasteiger partial charge in [0.05, 0.1) is 17.7 Å². The second kappa shape index (κ2) is 12.3. The molecule has 0 aliphatic carbocycles. The van der Waals surface area contributed by atoms with E-state index in [1.165, 1.54) is 30.0 Å². The van der Waals surface area contributed by atoms with Crippen LogP contribution in [-0.4, -0.2) is 53.9 Å². The molecular formula is C29H25ClN4O5S. The number of ether oxygens (including phenoxy) is 4. The van der Waals surface area contributed by atoms with Gasteiger partial charge in [0.1, 0.15) is 36.4 Å². The maximum Gasteiger partial charge on any atom is 0.283 e. The van der Waals surface area contributed by atoms with Gasteiger partial charge >= 0.3 is 0 Å². The van der Waals surface area contributed by atoms with Crippen LogP contribution in [0.15, 0.2) is 82.4 Å². The third-order valence-electron chi connectivity index (χ3n) is 5.75. The highest BCUT2D eigenvalue weighted by atomic mass is 35.5. The number of hydrogen-bond acceptors (Lipinski definition) is 8. The molecule has 2 heterocycles. The number of thioether (sulfide) groups is 1. The zero-order valence-electron chi connectivity index (χ0n) is 21.7. The number of amidine groups is 2. The number of fused-ring (bicyclic) bond motifs is 1. The van der Waals surface area contributed by atoms with Crippen molar-refractivity contribution in [1.82, 2.24) is 5.01 Å². The van der Waals surface area contributed by atoms with E-state index in [4.69, 9.17) is 36.0 Å². The van der Waals surface area contributed by atoms with Crippen LogP contribution in [0, 0.1) is 12.3 Å². The summed E-state index contributed by atoms with van der Waals surface area (Å²) in [4.78, 5) is 17.0. The number of hydrazone groups is 1. The Labute approximate surface area is 240 Å². The highest BCUT2D eigenvalue weighted by Crippen LogP contribution is 2.37. The van der Waals surface area contributed by atoms with Crippen molar-refractivity contribution >= 4 is 51.4 Å². The van der Waals surface area contributed by atoms with Crippen molar-refractivity contribution in [2.75, 3.05) is 26.9 Å². The SMILES string of the molecule is COc1cc(/C=C2/C(=N)N3N=C(COc4ccccc4)SC3=NC2=O)cc(Cl)c1OCCOc1cccc(C)c1. The molecule has 0 aromatic heterocycles. The van der Waals surface area contributed by atoms with Crippen LogP contribution in [-0.2, 0) is 4.79 Å². The fourth-order valence-corrected chi connectivity index (χ4v) is 4.96. The van der Waals surface area contributed by atoms with Crippen LogP contribution in [0.25, 0.3) is 6.08 Å². The predicted octanol–water partition coefficient (Wildman–Crippen LogP) is 5.81. The van der Waals surface area contributed by atoms with Crippen LogP contribution in [0.1, 0.15) is 11.1 Å². The van der Waals surface area contributed by atoms with E-state index in [0.29, 0.717) is 39.6 Å². The third kappa shape index (κ3) is 6.30. The Hall–Kier alpha value is -4.28. The summed E-state index contributed by atoms with van der Waals surface area (Å²) in [6.45, 7) is 2.74. The Kier molecular flexibility index (Phi) is 8.37. The molecule has 1 amide bonds. The van der Waals surface area contributed by atoms with Crippen LogP contribution >= 0.6 is 23.4 Å². The zero-order valence-corrected chi connectivity index (χ0v) is 23.3. The number of carbonyl (C=O) groups is 1. The van der Waals surface area contributed by atoms with Crippen LogP contribution in [0.2, 0.25) is 5.02 Å². The highest BCUT2D eigenvalue weighted by Gasteiger charge is 2.35. The topological polar surface area (TPSA) is 106 Å². The molecule has 0 atom stereocenters. The first-order valence-electron chi connectivity index (χ1n) is 12.3. The van der Waals surface area contributed by atoms with E-state index < -0.39 is 5.91 Å². The Morgan fingerprint density at radius 1 is 1.00 bits per heavy atom. The third-order valence-corrected chi connectivity index (χ3v) is 6.92. The number of benzene rings is 3. The van der Waals surface area contributed by atoms with E-state index in [-0.39, 0.29) is 29.6 Å². The smallest absolute Gasteiger partial charge is 0.283 e. The molecule has 1 N–H and O–H groups in total. The van der Waals surface area contributed by atoms with Gasteiger partial charge < -0.3 is 18.9 Å². The lowest BCUT2D eigenvalue weighted by Crippen LogP contribution is -2.35. The molecule has 9 nitrogen and oxygen atoms in total. The minimum absolute atomic E-state index is 0.0664. The number of nitrogens with one attached hydrogen (secondary N) is 1. The molecule has 5 rings (SSSR count). The molecule has 40 heavy (non-hydrogen) atoms. The minimum Gasteiger partial charge on any atom is -0.493 e. The number of aliphatic imine (C=N–C) groups is 1. The number of amides is 1. The Balaban J connectivity index is 1.27. The number of methoxy groups -OCH3 is 1. The van der Waals surface area contributed by atoms with Crippen molar-refractivity contribution in [3.63, 3.8) is 0 Å². The molecule has 11 heteroatoms. The number of nitrogens with zero attached hydrogens (tertiary/aromatic N) is 3. The number of halogens is 1.